The minimum Gasteiger partial charge on any atom is -0.262 e. The quantitative estimate of drug-likeness (QED) is 0.671. The van der Waals surface area contributed by atoms with E-state index in [-0.39, 0.29) is 0 Å². The summed E-state index contributed by atoms with van der Waals surface area (Å²) in [5.74, 6) is 0. The van der Waals surface area contributed by atoms with E-state index in [4.69, 9.17) is 0 Å². The summed E-state index contributed by atoms with van der Waals surface area (Å²) in [5, 5.41) is 5.65. The minimum atomic E-state index is 0.424. The monoisotopic (exact) mass is 188 g/mol. The van der Waals surface area contributed by atoms with Gasteiger partial charge in [-0.05, 0) is 38.8 Å². The Morgan fingerprint density at radius 3 is 2.57 bits per heavy atom. The number of aryl methyl sites for hydroxylation is 2. The zero-order chi connectivity index (χ0) is 10.3. The normalized spacial score (nSPS) is 11.5. The van der Waals surface area contributed by atoms with E-state index in [1.54, 1.807) is 0 Å². The number of hydrogen-bond acceptors (Lipinski definition) is 1. The van der Waals surface area contributed by atoms with Crippen LogP contribution in [-0.2, 0) is 0 Å². The summed E-state index contributed by atoms with van der Waals surface area (Å²) in [6.45, 7) is 8.63. The molecule has 2 aromatic rings. The molecule has 0 N–H and O–H groups in total. The number of hydrogen-bond donors (Lipinski definition) is 0. The molecule has 0 spiro atoms. The highest BCUT2D eigenvalue weighted by Gasteiger charge is 2.08. The lowest BCUT2D eigenvalue weighted by molar-refractivity contribution is 0.550. The average Bonchev–Trinajstić information content (AvgIpc) is 2.55. The van der Waals surface area contributed by atoms with Gasteiger partial charge in [-0.1, -0.05) is 12.1 Å². The van der Waals surface area contributed by atoms with E-state index in [0.29, 0.717) is 6.04 Å². The summed E-state index contributed by atoms with van der Waals surface area (Å²) in [7, 11) is 0. The Morgan fingerprint density at radius 1 is 1.21 bits per heavy atom. The van der Waals surface area contributed by atoms with E-state index in [1.807, 2.05) is 6.20 Å². The molecule has 0 atom stereocenters. The van der Waals surface area contributed by atoms with Crippen molar-refractivity contribution in [3.8, 4) is 0 Å². The van der Waals surface area contributed by atoms with Crippen LogP contribution in [-0.4, -0.2) is 9.78 Å². The van der Waals surface area contributed by atoms with Gasteiger partial charge in [0.2, 0.25) is 0 Å². The van der Waals surface area contributed by atoms with E-state index in [0.717, 1.165) is 0 Å². The van der Waals surface area contributed by atoms with Crippen LogP contribution in [0.3, 0.4) is 0 Å². The molecule has 0 aliphatic heterocycles. The van der Waals surface area contributed by atoms with Crippen LogP contribution in [0.15, 0.2) is 18.3 Å². The van der Waals surface area contributed by atoms with E-state index in [9.17, 15) is 0 Å². The number of benzene rings is 1. The standard InChI is InChI=1S/C12H16N2/c1-8(2)14-12-10(4)9(3)5-6-11(12)7-13-14/h5-8H,1-4H3. The predicted molar refractivity (Wildman–Crippen MR) is 59.6 cm³/mol. The molecule has 1 heterocycles. The van der Waals surface area contributed by atoms with Crippen molar-refractivity contribution >= 4 is 10.9 Å². The lowest BCUT2D eigenvalue weighted by Crippen LogP contribution is -2.03. The highest BCUT2D eigenvalue weighted by atomic mass is 15.3. The fourth-order valence-electron chi connectivity index (χ4n) is 1.80. The van der Waals surface area contributed by atoms with Crippen LogP contribution in [0.1, 0.15) is 31.0 Å². The number of aromatic nitrogens is 2. The van der Waals surface area contributed by atoms with Crippen LogP contribution in [0.2, 0.25) is 0 Å². The van der Waals surface area contributed by atoms with Crippen LogP contribution in [0.25, 0.3) is 10.9 Å². The molecule has 0 bridgehead atoms. The highest BCUT2D eigenvalue weighted by molar-refractivity contribution is 5.83. The van der Waals surface area contributed by atoms with Crippen molar-refractivity contribution < 1.29 is 0 Å². The maximum atomic E-state index is 4.41. The predicted octanol–water partition coefficient (Wildman–Crippen LogP) is 3.23. The molecule has 0 saturated heterocycles. The van der Waals surface area contributed by atoms with Crippen molar-refractivity contribution in [1.82, 2.24) is 9.78 Å². The third-order valence-electron chi connectivity index (χ3n) is 2.77. The summed E-state index contributed by atoms with van der Waals surface area (Å²) in [5.41, 5.74) is 3.95. The molecule has 2 nitrogen and oxygen atoms in total. The van der Waals surface area contributed by atoms with Gasteiger partial charge >= 0.3 is 0 Å². The van der Waals surface area contributed by atoms with E-state index in [1.165, 1.54) is 22.0 Å². The zero-order valence-electron chi connectivity index (χ0n) is 9.20. The van der Waals surface area contributed by atoms with Gasteiger partial charge in [0.15, 0.2) is 0 Å². The van der Waals surface area contributed by atoms with Gasteiger partial charge in [0.25, 0.3) is 0 Å². The van der Waals surface area contributed by atoms with E-state index >= 15 is 0 Å². The topological polar surface area (TPSA) is 17.8 Å². The molecule has 1 aromatic carbocycles. The van der Waals surface area contributed by atoms with Gasteiger partial charge < -0.3 is 0 Å². The maximum Gasteiger partial charge on any atom is 0.0717 e. The maximum absolute atomic E-state index is 4.41. The van der Waals surface area contributed by atoms with Crippen molar-refractivity contribution in [2.75, 3.05) is 0 Å². The summed E-state index contributed by atoms with van der Waals surface area (Å²) in [4.78, 5) is 0. The van der Waals surface area contributed by atoms with E-state index in [2.05, 4.69) is 49.6 Å². The van der Waals surface area contributed by atoms with Gasteiger partial charge in [-0.25, -0.2) is 0 Å². The smallest absolute Gasteiger partial charge is 0.0717 e. The minimum absolute atomic E-state index is 0.424. The first-order valence-corrected chi connectivity index (χ1v) is 5.04. The molecule has 0 aliphatic carbocycles. The summed E-state index contributed by atoms with van der Waals surface area (Å²) >= 11 is 0. The van der Waals surface area contributed by atoms with Crippen LogP contribution in [0.4, 0.5) is 0 Å². The van der Waals surface area contributed by atoms with Crippen LogP contribution in [0, 0.1) is 13.8 Å². The Kier molecular flexibility index (Phi) is 2.06. The average molecular weight is 188 g/mol. The number of nitrogens with zero attached hydrogens (tertiary/aromatic N) is 2. The van der Waals surface area contributed by atoms with Crippen molar-refractivity contribution in [2.45, 2.75) is 33.7 Å². The largest absolute Gasteiger partial charge is 0.262 e. The van der Waals surface area contributed by atoms with Crippen molar-refractivity contribution in [3.05, 3.63) is 29.5 Å². The molecular formula is C12H16N2. The second kappa shape index (κ2) is 3.12. The molecular weight excluding hydrogens is 172 g/mol. The summed E-state index contributed by atoms with van der Waals surface area (Å²) < 4.78 is 2.09. The first-order chi connectivity index (χ1) is 6.61. The Balaban J connectivity index is 2.82. The Bertz CT molecular complexity index is 466. The van der Waals surface area contributed by atoms with Crippen LogP contribution < -0.4 is 0 Å². The molecule has 1 aromatic heterocycles. The van der Waals surface area contributed by atoms with Crippen LogP contribution in [0.5, 0.6) is 0 Å². The lowest BCUT2D eigenvalue weighted by atomic mass is 10.1. The second-order valence-corrected chi connectivity index (χ2v) is 4.13. The first kappa shape index (κ1) is 9.25. The van der Waals surface area contributed by atoms with Gasteiger partial charge in [0.1, 0.15) is 0 Å². The van der Waals surface area contributed by atoms with Crippen molar-refractivity contribution in [1.29, 1.82) is 0 Å². The third-order valence-corrected chi connectivity index (χ3v) is 2.77. The third kappa shape index (κ3) is 1.22. The van der Waals surface area contributed by atoms with Gasteiger partial charge in [0.05, 0.1) is 11.7 Å². The lowest BCUT2D eigenvalue weighted by Gasteiger charge is -2.10. The molecule has 0 unspecified atom stereocenters. The van der Waals surface area contributed by atoms with Gasteiger partial charge in [-0.15, -0.1) is 0 Å². The SMILES string of the molecule is Cc1ccc2cnn(C(C)C)c2c1C. The fourth-order valence-corrected chi connectivity index (χ4v) is 1.80. The molecule has 14 heavy (non-hydrogen) atoms. The fraction of sp³-hybridized carbons (Fsp3) is 0.417. The van der Waals surface area contributed by atoms with Gasteiger partial charge in [-0.2, -0.15) is 5.10 Å². The van der Waals surface area contributed by atoms with Crippen molar-refractivity contribution in [2.24, 2.45) is 0 Å². The molecule has 2 heteroatoms. The van der Waals surface area contributed by atoms with Gasteiger partial charge in [0, 0.05) is 11.4 Å². The Labute approximate surface area is 84.5 Å². The first-order valence-electron chi connectivity index (χ1n) is 5.04. The summed E-state index contributed by atoms with van der Waals surface area (Å²) in [6.07, 6.45) is 1.95. The molecule has 0 amide bonds. The zero-order valence-corrected chi connectivity index (χ0v) is 9.20. The second-order valence-electron chi connectivity index (χ2n) is 4.13. The van der Waals surface area contributed by atoms with Crippen molar-refractivity contribution in [3.63, 3.8) is 0 Å². The van der Waals surface area contributed by atoms with E-state index < -0.39 is 0 Å². The molecule has 74 valence electrons. The summed E-state index contributed by atoms with van der Waals surface area (Å²) in [6, 6.07) is 4.72. The van der Waals surface area contributed by atoms with Gasteiger partial charge in [-0.3, -0.25) is 4.68 Å². The van der Waals surface area contributed by atoms with Crippen LogP contribution >= 0.6 is 0 Å². The highest BCUT2D eigenvalue weighted by Crippen LogP contribution is 2.23. The molecule has 0 radical (unpaired) electrons. The number of rotatable bonds is 1. The Morgan fingerprint density at radius 2 is 1.93 bits per heavy atom. The molecule has 0 saturated carbocycles. The molecule has 2 rings (SSSR count). The molecule has 0 fully saturated rings. The Hall–Kier alpha value is -1.31. The number of fused-ring (bicyclic) bond motifs is 1. The molecule has 0 aliphatic rings.